The summed E-state index contributed by atoms with van der Waals surface area (Å²) in [5.74, 6) is 0. The number of benzene rings is 2. The third-order valence-electron chi connectivity index (χ3n) is 3.95. The summed E-state index contributed by atoms with van der Waals surface area (Å²) in [4.78, 5) is 8.68. The largest absolute Gasteiger partial charge is 0.339 e. The van der Waals surface area contributed by atoms with Gasteiger partial charge in [-0.25, -0.2) is 4.39 Å². The Balaban J connectivity index is 1.79. The van der Waals surface area contributed by atoms with Gasteiger partial charge in [-0.15, -0.1) is 0 Å². The second kappa shape index (κ2) is 5.74. The lowest BCUT2D eigenvalue weighted by atomic mass is 10.1. The highest BCUT2D eigenvalue weighted by molar-refractivity contribution is 7.99. The Morgan fingerprint density at radius 1 is 1.14 bits per heavy atom. The van der Waals surface area contributed by atoms with E-state index >= 15 is 0 Å². The molecule has 0 radical (unpaired) electrons. The number of halogens is 1. The lowest BCUT2D eigenvalue weighted by Crippen LogP contribution is -2.49. The van der Waals surface area contributed by atoms with Crippen LogP contribution in [0.5, 0.6) is 0 Å². The van der Waals surface area contributed by atoms with E-state index in [0.29, 0.717) is 13.1 Å². The molecule has 0 saturated carbocycles. The third-order valence-corrected chi connectivity index (χ3v) is 5.09. The molecule has 0 spiro atoms. The van der Waals surface area contributed by atoms with Gasteiger partial charge in [-0.3, -0.25) is 4.99 Å². The number of para-hydroxylation sites is 1. The van der Waals surface area contributed by atoms with E-state index in [2.05, 4.69) is 22.4 Å². The van der Waals surface area contributed by atoms with Gasteiger partial charge in [0.05, 0.1) is 5.69 Å². The Morgan fingerprint density at radius 3 is 2.91 bits per heavy atom. The number of piperazine rings is 1. The van der Waals surface area contributed by atoms with Gasteiger partial charge in [0.15, 0.2) is 6.30 Å². The molecule has 0 aromatic heterocycles. The van der Waals surface area contributed by atoms with Crippen molar-refractivity contribution in [2.24, 2.45) is 4.99 Å². The van der Waals surface area contributed by atoms with Gasteiger partial charge in [0, 0.05) is 46.9 Å². The molecule has 5 heteroatoms. The maximum absolute atomic E-state index is 14.3. The summed E-state index contributed by atoms with van der Waals surface area (Å²) in [5, 5.41) is 3.09. The zero-order valence-electron chi connectivity index (χ0n) is 12.0. The molecule has 1 N–H and O–H groups in total. The van der Waals surface area contributed by atoms with Gasteiger partial charge in [0.1, 0.15) is 0 Å². The second-order valence-corrected chi connectivity index (χ2v) is 6.43. The van der Waals surface area contributed by atoms with Crippen LogP contribution in [0.25, 0.3) is 0 Å². The van der Waals surface area contributed by atoms with Crippen LogP contribution >= 0.6 is 11.8 Å². The first-order valence-corrected chi connectivity index (χ1v) is 8.20. The average Bonchev–Trinajstić information content (AvgIpc) is 2.74. The fourth-order valence-corrected chi connectivity index (χ4v) is 3.87. The molecule has 2 heterocycles. The van der Waals surface area contributed by atoms with Crippen molar-refractivity contribution in [3.05, 3.63) is 48.0 Å². The number of nitrogens with zero attached hydrogens (tertiary/aromatic N) is 2. The van der Waals surface area contributed by atoms with E-state index in [9.17, 15) is 4.39 Å². The normalized spacial score (nSPS) is 20.2. The summed E-state index contributed by atoms with van der Waals surface area (Å²) in [6, 6.07) is 14.1. The summed E-state index contributed by atoms with van der Waals surface area (Å²) in [5.41, 5.74) is 2.90. The van der Waals surface area contributed by atoms with E-state index in [1.807, 2.05) is 41.4 Å². The first-order valence-electron chi connectivity index (χ1n) is 7.38. The first kappa shape index (κ1) is 13.8. The number of hydrogen-bond acceptors (Lipinski definition) is 4. The zero-order chi connectivity index (χ0) is 14.9. The van der Waals surface area contributed by atoms with Crippen molar-refractivity contribution in [1.29, 1.82) is 0 Å². The third kappa shape index (κ3) is 2.40. The number of hydrogen-bond donors (Lipinski definition) is 1. The molecule has 2 aromatic carbocycles. The topological polar surface area (TPSA) is 27.6 Å². The molecule has 0 amide bonds. The van der Waals surface area contributed by atoms with Crippen LogP contribution in [0.2, 0.25) is 0 Å². The Labute approximate surface area is 133 Å². The zero-order valence-corrected chi connectivity index (χ0v) is 12.8. The van der Waals surface area contributed by atoms with E-state index < -0.39 is 6.30 Å². The molecule has 1 atom stereocenters. The first-order chi connectivity index (χ1) is 10.8. The van der Waals surface area contributed by atoms with E-state index in [-0.39, 0.29) is 0 Å². The monoisotopic (exact) mass is 313 g/mol. The van der Waals surface area contributed by atoms with Crippen LogP contribution in [0.3, 0.4) is 0 Å². The van der Waals surface area contributed by atoms with Crippen LogP contribution in [0.15, 0.2) is 57.2 Å². The van der Waals surface area contributed by atoms with Crippen molar-refractivity contribution in [1.82, 2.24) is 5.32 Å². The quantitative estimate of drug-likeness (QED) is 0.696. The molecule has 1 saturated heterocycles. The number of nitrogens with one attached hydrogen (secondary N) is 1. The van der Waals surface area contributed by atoms with E-state index in [4.69, 9.17) is 0 Å². The van der Waals surface area contributed by atoms with Crippen molar-refractivity contribution in [2.45, 2.75) is 16.1 Å². The maximum Gasteiger partial charge on any atom is 0.185 e. The number of rotatable bonds is 1. The summed E-state index contributed by atoms with van der Waals surface area (Å²) >= 11 is 1.69. The predicted molar refractivity (Wildman–Crippen MR) is 89.4 cm³/mol. The Morgan fingerprint density at radius 2 is 2.00 bits per heavy atom. The molecule has 3 nitrogen and oxygen atoms in total. The van der Waals surface area contributed by atoms with Gasteiger partial charge in [-0.1, -0.05) is 30.0 Å². The molecule has 4 rings (SSSR count). The minimum absolute atomic E-state index is 0.369. The number of anilines is 1. The lowest BCUT2D eigenvalue weighted by Gasteiger charge is -2.34. The molecule has 1 unspecified atom stereocenters. The molecule has 22 heavy (non-hydrogen) atoms. The van der Waals surface area contributed by atoms with Crippen molar-refractivity contribution < 1.29 is 4.39 Å². The van der Waals surface area contributed by atoms with Crippen LogP contribution < -0.4 is 10.2 Å². The minimum atomic E-state index is -0.996. The van der Waals surface area contributed by atoms with Crippen molar-refractivity contribution in [2.75, 3.05) is 24.5 Å². The van der Waals surface area contributed by atoms with Gasteiger partial charge in [-0.05, 0) is 24.3 Å². The van der Waals surface area contributed by atoms with Crippen LogP contribution in [0.4, 0.5) is 15.8 Å². The predicted octanol–water partition coefficient (Wildman–Crippen LogP) is 3.61. The van der Waals surface area contributed by atoms with Crippen LogP contribution in [-0.4, -0.2) is 32.1 Å². The highest BCUT2D eigenvalue weighted by atomic mass is 32.2. The van der Waals surface area contributed by atoms with Crippen LogP contribution in [0.1, 0.15) is 5.56 Å². The second-order valence-electron chi connectivity index (χ2n) is 5.35. The fraction of sp³-hybridized carbons (Fsp3) is 0.235. The summed E-state index contributed by atoms with van der Waals surface area (Å²) in [6.45, 7) is 1.84. The fourth-order valence-electron chi connectivity index (χ4n) is 2.85. The number of alkyl halides is 1. The molecule has 2 aromatic rings. The molecular weight excluding hydrogens is 297 g/mol. The van der Waals surface area contributed by atoms with Crippen LogP contribution in [0, 0.1) is 0 Å². The Hall–Kier alpha value is -1.85. The smallest absolute Gasteiger partial charge is 0.185 e. The molecule has 0 aliphatic carbocycles. The molecule has 2 aliphatic rings. The van der Waals surface area contributed by atoms with E-state index in [0.717, 1.165) is 33.3 Å². The van der Waals surface area contributed by atoms with E-state index in [1.165, 1.54) is 0 Å². The van der Waals surface area contributed by atoms with Gasteiger partial charge in [0.2, 0.25) is 0 Å². The van der Waals surface area contributed by atoms with Gasteiger partial charge < -0.3 is 10.2 Å². The molecule has 1 fully saturated rings. The summed E-state index contributed by atoms with van der Waals surface area (Å²) < 4.78 is 14.3. The highest BCUT2D eigenvalue weighted by Gasteiger charge is 2.25. The molecule has 2 aliphatic heterocycles. The standard InChI is InChI=1S/C17H16FN3S/c18-17-11-19-8-9-21(17)14-5-3-7-15-12(14)10-20-13-4-1-2-6-16(13)22-15/h1-7,10,17,19H,8-9,11H2. The Kier molecular flexibility index (Phi) is 3.60. The summed E-state index contributed by atoms with van der Waals surface area (Å²) in [6.07, 6.45) is 0.877. The van der Waals surface area contributed by atoms with E-state index in [1.54, 1.807) is 11.8 Å². The molecule has 112 valence electrons. The van der Waals surface area contributed by atoms with Crippen molar-refractivity contribution in [3.8, 4) is 0 Å². The van der Waals surface area contributed by atoms with Gasteiger partial charge in [0.25, 0.3) is 0 Å². The van der Waals surface area contributed by atoms with Gasteiger partial charge in [-0.2, -0.15) is 0 Å². The van der Waals surface area contributed by atoms with Crippen molar-refractivity contribution >= 4 is 29.4 Å². The van der Waals surface area contributed by atoms with Crippen LogP contribution in [-0.2, 0) is 0 Å². The number of aliphatic imine (C=N–C) groups is 1. The average molecular weight is 313 g/mol. The molecule has 0 bridgehead atoms. The Bertz CT molecular complexity index is 732. The lowest BCUT2D eigenvalue weighted by molar-refractivity contribution is 0.280. The van der Waals surface area contributed by atoms with Gasteiger partial charge >= 0.3 is 0 Å². The molecular formula is C17H16FN3S. The highest BCUT2D eigenvalue weighted by Crippen LogP contribution is 2.41. The summed E-state index contributed by atoms with van der Waals surface area (Å²) in [7, 11) is 0. The van der Waals surface area contributed by atoms with Crippen molar-refractivity contribution in [3.63, 3.8) is 0 Å². The maximum atomic E-state index is 14.3. The minimum Gasteiger partial charge on any atom is -0.339 e. The number of fused-ring (bicyclic) bond motifs is 2. The SMILES string of the molecule is FC1CNCCN1c1cccc2c1C=Nc1ccccc1S2.